The number of unbranched alkanes of at least 4 members (excludes halogenated alkanes) is 11. The van der Waals surface area contributed by atoms with E-state index in [-0.39, 0.29) is 13.2 Å². The predicted octanol–water partition coefficient (Wildman–Crippen LogP) is 7.08. The van der Waals surface area contributed by atoms with Crippen molar-refractivity contribution in [3.8, 4) is 0 Å². The maximum Gasteiger partial charge on any atom is 0.474 e. The number of esters is 2. The predicted molar refractivity (Wildman–Crippen MR) is 138 cm³/mol. The van der Waals surface area contributed by atoms with E-state index in [1.165, 1.54) is 19.3 Å². The van der Waals surface area contributed by atoms with Gasteiger partial charge in [-0.2, -0.15) is 0 Å². The molecule has 0 amide bonds. The first kappa shape index (κ1) is 33.5. The summed E-state index contributed by atoms with van der Waals surface area (Å²) >= 11 is 0. The van der Waals surface area contributed by atoms with E-state index in [1.54, 1.807) is 0 Å². The number of hydrogen-bond acceptors (Lipinski definition) is 8. The van der Waals surface area contributed by atoms with Crippen molar-refractivity contribution in [2.75, 3.05) is 33.0 Å². The van der Waals surface area contributed by atoms with Crippen molar-refractivity contribution in [1.29, 1.82) is 0 Å². The molecule has 0 aromatic rings. The Bertz CT molecular complexity index is 568. The molecular weight excluding hydrogens is 471 g/mol. The molecule has 0 unspecified atom stereocenters. The molecule has 0 radical (unpaired) electrons. The van der Waals surface area contributed by atoms with Gasteiger partial charge < -0.3 is 9.47 Å². The van der Waals surface area contributed by atoms with Gasteiger partial charge in [-0.15, -0.1) is 0 Å². The molecular formula is C26H47O8P. The van der Waals surface area contributed by atoms with Crippen LogP contribution in [0, 0.1) is 0 Å². The summed E-state index contributed by atoms with van der Waals surface area (Å²) in [6, 6.07) is 0. The minimum absolute atomic E-state index is 0.287. The molecule has 35 heavy (non-hydrogen) atoms. The summed E-state index contributed by atoms with van der Waals surface area (Å²) in [5.74, 6) is -0.824. The number of rotatable bonds is 26. The highest BCUT2D eigenvalue weighted by molar-refractivity contribution is 7.48. The Morgan fingerprint density at radius 1 is 0.571 bits per heavy atom. The molecule has 0 spiro atoms. The maximum atomic E-state index is 13.0. The van der Waals surface area contributed by atoms with E-state index in [0.717, 1.165) is 69.9 Å². The van der Waals surface area contributed by atoms with Gasteiger partial charge in [0.25, 0.3) is 0 Å². The number of phosphoric acid groups is 1. The Labute approximate surface area is 212 Å². The fourth-order valence-electron chi connectivity index (χ4n) is 3.10. The minimum Gasteiger partial charge on any atom is -0.463 e. The monoisotopic (exact) mass is 518 g/mol. The first-order valence-corrected chi connectivity index (χ1v) is 14.6. The molecule has 0 aromatic heterocycles. The Hall–Kier alpha value is -1.47. The number of ether oxygens (including phenoxy) is 2. The van der Waals surface area contributed by atoms with Crippen molar-refractivity contribution in [2.24, 2.45) is 0 Å². The molecule has 8 nitrogen and oxygen atoms in total. The molecule has 9 heteroatoms. The van der Waals surface area contributed by atoms with E-state index in [2.05, 4.69) is 20.1 Å². The van der Waals surface area contributed by atoms with Crippen LogP contribution in [0.25, 0.3) is 0 Å². The molecule has 0 bridgehead atoms. The normalized spacial score (nSPS) is 11.2. The van der Waals surface area contributed by atoms with Crippen molar-refractivity contribution in [1.82, 2.24) is 0 Å². The summed E-state index contributed by atoms with van der Waals surface area (Å²) in [4.78, 5) is 22.0. The van der Waals surface area contributed by atoms with Gasteiger partial charge in [0.2, 0.25) is 0 Å². The Morgan fingerprint density at radius 2 is 0.886 bits per heavy atom. The van der Waals surface area contributed by atoms with Gasteiger partial charge in [-0.3, -0.25) is 13.6 Å². The molecule has 0 rings (SSSR count). The Kier molecular flexibility index (Phi) is 23.2. The van der Waals surface area contributed by atoms with Crippen molar-refractivity contribution < 1.29 is 37.2 Å². The van der Waals surface area contributed by atoms with Crippen LogP contribution < -0.4 is 0 Å². The number of hydrogen-bond donors (Lipinski definition) is 0. The van der Waals surface area contributed by atoms with Crippen molar-refractivity contribution in [3.63, 3.8) is 0 Å². The smallest absolute Gasteiger partial charge is 0.463 e. The van der Waals surface area contributed by atoms with E-state index in [1.807, 2.05) is 0 Å². The van der Waals surface area contributed by atoms with Gasteiger partial charge in [-0.1, -0.05) is 65.0 Å². The molecule has 0 heterocycles. The van der Waals surface area contributed by atoms with Crippen LogP contribution in [-0.2, 0) is 37.2 Å². The highest BCUT2D eigenvalue weighted by Gasteiger charge is 2.26. The van der Waals surface area contributed by atoms with Crippen LogP contribution in [0.1, 0.15) is 96.8 Å². The molecule has 0 saturated carbocycles. The quantitative estimate of drug-likeness (QED) is 0.0518. The van der Waals surface area contributed by atoms with Crippen LogP contribution in [0.4, 0.5) is 0 Å². The first-order chi connectivity index (χ1) is 17.0. The molecule has 0 aromatic carbocycles. The average molecular weight is 519 g/mol. The second-order valence-electron chi connectivity index (χ2n) is 8.29. The standard InChI is InChI=1S/C26H47O8P/c1-4-7-8-9-10-17-22-32-35(29,33-23-18-13-11-15-20-30-25(27)5-2)34-24-19-14-12-16-21-31-26(28)6-3/h5-6H,2-4,7-24H2,1H3. The molecule has 0 aliphatic rings. The van der Waals surface area contributed by atoms with Gasteiger partial charge in [-0.25, -0.2) is 14.2 Å². The van der Waals surface area contributed by atoms with Gasteiger partial charge in [0.15, 0.2) is 0 Å². The van der Waals surface area contributed by atoms with Crippen LogP contribution in [0.15, 0.2) is 25.3 Å². The zero-order valence-electron chi connectivity index (χ0n) is 21.7. The van der Waals surface area contributed by atoms with E-state index in [0.29, 0.717) is 32.7 Å². The molecule has 0 aliphatic carbocycles. The molecule has 0 aliphatic heterocycles. The van der Waals surface area contributed by atoms with Crippen molar-refractivity contribution in [3.05, 3.63) is 25.3 Å². The lowest BCUT2D eigenvalue weighted by molar-refractivity contribution is -0.138. The molecule has 0 fully saturated rings. The van der Waals surface area contributed by atoms with Crippen LogP contribution in [0.3, 0.4) is 0 Å². The number of carbonyl (C=O) groups is 2. The molecule has 0 N–H and O–H groups in total. The highest BCUT2D eigenvalue weighted by atomic mass is 31.2. The zero-order valence-corrected chi connectivity index (χ0v) is 22.6. The third kappa shape index (κ3) is 22.7. The Morgan fingerprint density at radius 3 is 1.23 bits per heavy atom. The lowest BCUT2D eigenvalue weighted by Crippen LogP contribution is -2.05. The summed E-state index contributed by atoms with van der Waals surface area (Å²) in [5, 5.41) is 0. The topological polar surface area (TPSA) is 97.4 Å². The van der Waals surface area contributed by atoms with E-state index >= 15 is 0 Å². The van der Waals surface area contributed by atoms with E-state index < -0.39 is 19.8 Å². The average Bonchev–Trinajstić information content (AvgIpc) is 2.86. The van der Waals surface area contributed by atoms with Crippen LogP contribution in [0.2, 0.25) is 0 Å². The SMILES string of the molecule is C=CC(=O)OCCCCCCOP(=O)(OCCCCCCCC)OCCCCCCOC(=O)C=C. The maximum absolute atomic E-state index is 13.0. The van der Waals surface area contributed by atoms with E-state index in [9.17, 15) is 14.2 Å². The van der Waals surface area contributed by atoms with Crippen molar-refractivity contribution >= 4 is 19.8 Å². The second kappa shape index (κ2) is 24.2. The fraction of sp³-hybridized carbons (Fsp3) is 0.769. The first-order valence-electron chi connectivity index (χ1n) is 13.1. The summed E-state index contributed by atoms with van der Waals surface area (Å²) in [6.45, 7) is 10.6. The third-order valence-electron chi connectivity index (χ3n) is 5.15. The van der Waals surface area contributed by atoms with Crippen LogP contribution >= 0.6 is 7.82 Å². The van der Waals surface area contributed by atoms with Gasteiger partial charge in [0.1, 0.15) is 0 Å². The fourth-order valence-corrected chi connectivity index (χ4v) is 4.38. The number of phosphoric ester groups is 1. The summed E-state index contributed by atoms with van der Waals surface area (Å²) in [5.41, 5.74) is 0. The Balaban J connectivity index is 4.15. The van der Waals surface area contributed by atoms with Gasteiger partial charge >= 0.3 is 19.8 Å². The summed E-state index contributed by atoms with van der Waals surface area (Å²) < 4.78 is 39.6. The molecule has 0 saturated heterocycles. The third-order valence-corrected chi connectivity index (χ3v) is 6.64. The minimum atomic E-state index is -3.60. The highest BCUT2D eigenvalue weighted by Crippen LogP contribution is 2.50. The lowest BCUT2D eigenvalue weighted by Gasteiger charge is -2.18. The summed E-state index contributed by atoms with van der Waals surface area (Å²) in [7, 11) is -3.60. The van der Waals surface area contributed by atoms with Gasteiger partial charge in [-0.05, 0) is 44.9 Å². The largest absolute Gasteiger partial charge is 0.474 e. The van der Waals surface area contributed by atoms with Gasteiger partial charge in [0.05, 0.1) is 33.0 Å². The summed E-state index contributed by atoms with van der Waals surface area (Å²) in [6.07, 6.45) is 15.4. The zero-order chi connectivity index (χ0) is 26.0. The molecule has 204 valence electrons. The molecule has 0 atom stereocenters. The number of carbonyl (C=O) groups excluding carboxylic acids is 2. The van der Waals surface area contributed by atoms with Crippen molar-refractivity contribution in [2.45, 2.75) is 96.8 Å². The second-order valence-corrected chi connectivity index (χ2v) is 9.96. The van der Waals surface area contributed by atoms with Gasteiger partial charge in [0, 0.05) is 12.2 Å². The van der Waals surface area contributed by atoms with E-state index in [4.69, 9.17) is 23.0 Å². The van der Waals surface area contributed by atoms with Crippen LogP contribution in [-0.4, -0.2) is 45.0 Å². The lowest BCUT2D eigenvalue weighted by atomic mass is 10.1. The van der Waals surface area contributed by atoms with Crippen LogP contribution in [0.5, 0.6) is 0 Å².